The molecule has 0 saturated carbocycles. The number of aliphatic hydroxyl groups excluding tert-OH is 1. The summed E-state index contributed by atoms with van der Waals surface area (Å²) < 4.78 is 0. The van der Waals surface area contributed by atoms with Crippen LogP contribution in [0.2, 0.25) is 0 Å². The van der Waals surface area contributed by atoms with E-state index in [1.54, 1.807) is 0 Å². The second kappa shape index (κ2) is 8.74. The first kappa shape index (κ1) is 16.7. The fourth-order valence-electron chi connectivity index (χ4n) is 1.90. The number of rotatable bonds is 9. The monoisotopic (exact) mass is 280 g/mol. The minimum Gasteiger partial charge on any atom is -0.396 e. The summed E-state index contributed by atoms with van der Waals surface area (Å²) in [5.41, 5.74) is 1.06. The van der Waals surface area contributed by atoms with Crippen LogP contribution in [0.5, 0.6) is 0 Å². The Morgan fingerprint density at radius 1 is 1.15 bits per heavy atom. The maximum absolute atomic E-state index is 8.95. The Bertz CT molecular complexity index is 409. The maximum atomic E-state index is 8.95. The van der Waals surface area contributed by atoms with Gasteiger partial charge in [-0.15, -0.1) is 0 Å². The van der Waals surface area contributed by atoms with E-state index in [0.29, 0.717) is 5.92 Å². The first-order valence-corrected chi connectivity index (χ1v) is 7.58. The standard InChI is InChI=1S/C15H28N4O/c1-5-8-16-14-12(4)15(19-13(6-2)18-14)17-10-11(3)7-9-20/h11,20H,5-10H2,1-4H3,(H2,16,17,18,19). The van der Waals surface area contributed by atoms with Gasteiger partial charge in [0.1, 0.15) is 17.5 Å². The molecule has 0 bridgehead atoms. The van der Waals surface area contributed by atoms with Crippen molar-refractivity contribution in [3.63, 3.8) is 0 Å². The van der Waals surface area contributed by atoms with Crippen molar-refractivity contribution in [3.05, 3.63) is 11.4 Å². The SMILES string of the molecule is CCCNc1nc(CC)nc(NCC(C)CCO)c1C. The largest absolute Gasteiger partial charge is 0.396 e. The molecule has 3 N–H and O–H groups in total. The van der Waals surface area contributed by atoms with Crippen LogP contribution in [0.3, 0.4) is 0 Å². The highest BCUT2D eigenvalue weighted by molar-refractivity contribution is 5.57. The van der Waals surface area contributed by atoms with Crippen LogP contribution in [0.1, 0.15) is 45.0 Å². The summed E-state index contributed by atoms with van der Waals surface area (Å²) in [4.78, 5) is 9.12. The van der Waals surface area contributed by atoms with Crippen LogP contribution in [0.15, 0.2) is 0 Å². The molecular formula is C15H28N4O. The molecule has 0 fully saturated rings. The van der Waals surface area contributed by atoms with Crippen LogP contribution >= 0.6 is 0 Å². The van der Waals surface area contributed by atoms with Crippen LogP contribution in [-0.2, 0) is 6.42 Å². The van der Waals surface area contributed by atoms with Gasteiger partial charge in [0.15, 0.2) is 0 Å². The van der Waals surface area contributed by atoms with Gasteiger partial charge in [0.2, 0.25) is 0 Å². The molecule has 0 spiro atoms. The summed E-state index contributed by atoms with van der Waals surface area (Å²) in [6, 6.07) is 0. The molecule has 114 valence electrons. The van der Waals surface area contributed by atoms with Crippen molar-refractivity contribution in [1.82, 2.24) is 9.97 Å². The van der Waals surface area contributed by atoms with Gasteiger partial charge < -0.3 is 15.7 Å². The highest BCUT2D eigenvalue weighted by Crippen LogP contribution is 2.20. The Hall–Kier alpha value is -1.36. The minimum atomic E-state index is 0.231. The summed E-state index contributed by atoms with van der Waals surface area (Å²) in [5.74, 6) is 3.11. The van der Waals surface area contributed by atoms with Crippen LogP contribution in [0.4, 0.5) is 11.6 Å². The van der Waals surface area contributed by atoms with E-state index in [4.69, 9.17) is 5.11 Å². The Morgan fingerprint density at radius 2 is 1.80 bits per heavy atom. The van der Waals surface area contributed by atoms with Crippen molar-refractivity contribution in [1.29, 1.82) is 0 Å². The van der Waals surface area contributed by atoms with Crippen molar-refractivity contribution in [2.24, 2.45) is 5.92 Å². The Kier molecular flexibility index (Phi) is 7.30. The summed E-state index contributed by atoms with van der Waals surface area (Å²) in [5, 5.41) is 15.7. The predicted octanol–water partition coefficient (Wildman–Crippen LogP) is 2.60. The number of hydrogen-bond donors (Lipinski definition) is 3. The number of aromatic nitrogens is 2. The lowest BCUT2D eigenvalue weighted by atomic mass is 10.1. The fraction of sp³-hybridized carbons (Fsp3) is 0.733. The molecule has 0 aromatic carbocycles. The van der Waals surface area contributed by atoms with E-state index in [-0.39, 0.29) is 6.61 Å². The summed E-state index contributed by atoms with van der Waals surface area (Å²) in [7, 11) is 0. The lowest BCUT2D eigenvalue weighted by molar-refractivity contribution is 0.266. The third-order valence-electron chi connectivity index (χ3n) is 3.29. The molecule has 1 aromatic rings. The molecule has 5 nitrogen and oxygen atoms in total. The molecule has 0 radical (unpaired) electrons. The molecule has 1 unspecified atom stereocenters. The average molecular weight is 280 g/mol. The lowest BCUT2D eigenvalue weighted by Crippen LogP contribution is -2.16. The van der Waals surface area contributed by atoms with E-state index in [9.17, 15) is 0 Å². The number of hydrogen-bond acceptors (Lipinski definition) is 5. The number of anilines is 2. The maximum Gasteiger partial charge on any atom is 0.134 e. The highest BCUT2D eigenvalue weighted by Gasteiger charge is 2.10. The molecule has 1 atom stereocenters. The van der Waals surface area contributed by atoms with Gasteiger partial charge in [-0.1, -0.05) is 20.8 Å². The van der Waals surface area contributed by atoms with E-state index >= 15 is 0 Å². The molecule has 20 heavy (non-hydrogen) atoms. The topological polar surface area (TPSA) is 70.1 Å². The molecule has 0 amide bonds. The van der Waals surface area contributed by atoms with Gasteiger partial charge in [-0.25, -0.2) is 9.97 Å². The molecule has 5 heteroatoms. The van der Waals surface area contributed by atoms with E-state index in [0.717, 1.165) is 55.4 Å². The van der Waals surface area contributed by atoms with Gasteiger partial charge in [0.05, 0.1) is 0 Å². The zero-order valence-electron chi connectivity index (χ0n) is 13.2. The minimum absolute atomic E-state index is 0.231. The van der Waals surface area contributed by atoms with Crippen molar-refractivity contribution in [2.45, 2.75) is 47.0 Å². The molecular weight excluding hydrogens is 252 g/mol. The van der Waals surface area contributed by atoms with Gasteiger partial charge in [0, 0.05) is 31.7 Å². The Labute approximate surface area is 122 Å². The van der Waals surface area contributed by atoms with Crippen LogP contribution in [-0.4, -0.2) is 34.8 Å². The average Bonchev–Trinajstić information content (AvgIpc) is 2.45. The van der Waals surface area contributed by atoms with E-state index < -0.39 is 0 Å². The van der Waals surface area contributed by atoms with Crippen molar-refractivity contribution >= 4 is 11.6 Å². The Balaban J connectivity index is 2.82. The van der Waals surface area contributed by atoms with E-state index in [1.807, 2.05) is 6.92 Å². The van der Waals surface area contributed by atoms with Crippen molar-refractivity contribution in [3.8, 4) is 0 Å². The predicted molar refractivity (Wildman–Crippen MR) is 84.3 cm³/mol. The molecule has 1 aromatic heterocycles. The zero-order chi connectivity index (χ0) is 15.0. The number of aryl methyl sites for hydroxylation is 1. The molecule has 0 aliphatic carbocycles. The van der Waals surface area contributed by atoms with Gasteiger partial charge in [0.25, 0.3) is 0 Å². The molecule has 0 saturated heterocycles. The molecule has 0 aliphatic heterocycles. The second-order valence-corrected chi connectivity index (χ2v) is 5.24. The number of nitrogens with one attached hydrogen (secondary N) is 2. The summed E-state index contributed by atoms with van der Waals surface area (Å²) in [6.07, 6.45) is 2.70. The smallest absolute Gasteiger partial charge is 0.134 e. The van der Waals surface area contributed by atoms with E-state index in [2.05, 4.69) is 41.4 Å². The summed E-state index contributed by atoms with van der Waals surface area (Å²) in [6.45, 7) is 10.3. The van der Waals surface area contributed by atoms with Crippen LogP contribution in [0.25, 0.3) is 0 Å². The molecule has 1 rings (SSSR count). The van der Waals surface area contributed by atoms with Crippen LogP contribution in [0, 0.1) is 12.8 Å². The second-order valence-electron chi connectivity index (χ2n) is 5.24. The van der Waals surface area contributed by atoms with Crippen molar-refractivity contribution in [2.75, 3.05) is 30.3 Å². The van der Waals surface area contributed by atoms with Gasteiger partial charge >= 0.3 is 0 Å². The third-order valence-corrected chi connectivity index (χ3v) is 3.29. The normalized spacial score (nSPS) is 12.2. The quantitative estimate of drug-likeness (QED) is 0.648. The highest BCUT2D eigenvalue weighted by atomic mass is 16.3. The zero-order valence-corrected chi connectivity index (χ0v) is 13.2. The lowest BCUT2D eigenvalue weighted by Gasteiger charge is -2.16. The Morgan fingerprint density at radius 3 is 2.35 bits per heavy atom. The van der Waals surface area contributed by atoms with Gasteiger partial charge in [-0.3, -0.25) is 0 Å². The van der Waals surface area contributed by atoms with Gasteiger partial charge in [-0.2, -0.15) is 0 Å². The third kappa shape index (κ3) is 4.96. The fourth-order valence-corrected chi connectivity index (χ4v) is 1.90. The van der Waals surface area contributed by atoms with Crippen LogP contribution < -0.4 is 10.6 Å². The number of nitrogens with zero attached hydrogens (tertiary/aromatic N) is 2. The van der Waals surface area contributed by atoms with E-state index in [1.165, 1.54) is 0 Å². The van der Waals surface area contributed by atoms with Gasteiger partial charge in [-0.05, 0) is 25.7 Å². The van der Waals surface area contributed by atoms with Crippen molar-refractivity contribution < 1.29 is 5.11 Å². The first-order chi connectivity index (χ1) is 9.62. The number of aliphatic hydroxyl groups is 1. The molecule has 0 aliphatic rings. The first-order valence-electron chi connectivity index (χ1n) is 7.58. The summed E-state index contributed by atoms with van der Waals surface area (Å²) >= 11 is 0. The molecule has 1 heterocycles.